The van der Waals surface area contributed by atoms with Gasteiger partial charge in [0.2, 0.25) is 0 Å². The Kier molecular flexibility index (Phi) is 4.37. The maximum absolute atomic E-state index is 14.7. The number of hydrogen-bond donors (Lipinski definition) is 2. The van der Waals surface area contributed by atoms with Gasteiger partial charge in [0.05, 0.1) is 24.4 Å². The maximum atomic E-state index is 14.7. The van der Waals surface area contributed by atoms with Crippen LogP contribution in [0.2, 0.25) is 0 Å². The summed E-state index contributed by atoms with van der Waals surface area (Å²) >= 11 is 0. The first-order valence-electron chi connectivity index (χ1n) is 7.29. The summed E-state index contributed by atoms with van der Waals surface area (Å²) in [4.78, 5) is 18.5. The van der Waals surface area contributed by atoms with Gasteiger partial charge in [0.25, 0.3) is 5.91 Å². The predicted octanol–water partition coefficient (Wildman–Crippen LogP) is 2.68. The third kappa shape index (κ3) is 2.80. The van der Waals surface area contributed by atoms with Crippen LogP contribution in [0.3, 0.4) is 0 Å². The molecule has 1 unspecified atom stereocenters. The van der Waals surface area contributed by atoms with Crippen molar-refractivity contribution in [2.24, 2.45) is 5.73 Å². The first-order valence-corrected chi connectivity index (χ1v) is 7.29. The molecule has 130 valence electrons. The topological polar surface area (TPSA) is 90.2 Å². The highest BCUT2D eigenvalue weighted by Gasteiger charge is 2.27. The van der Waals surface area contributed by atoms with E-state index >= 15 is 0 Å². The minimum absolute atomic E-state index is 0.400. The van der Waals surface area contributed by atoms with E-state index in [0.29, 0.717) is 22.3 Å². The molecule has 1 atom stereocenters. The number of nitrogens with one attached hydrogen (secondary N) is 1. The number of carbonyl (C=O) groups is 1. The molecular formula is C17H15F2N3O3. The largest absolute Gasteiger partial charge is 0.495 e. The van der Waals surface area contributed by atoms with Gasteiger partial charge in [-0.3, -0.25) is 4.79 Å². The molecule has 0 aliphatic carbocycles. The molecule has 0 spiro atoms. The van der Waals surface area contributed by atoms with E-state index in [2.05, 4.69) is 9.97 Å². The number of hydrogen-bond acceptors (Lipinski definition) is 4. The Bertz CT molecular complexity index is 956. The number of nitrogens with two attached hydrogens (primary N) is 1. The number of ether oxygens (including phenoxy) is 2. The Balaban J connectivity index is 2.22. The zero-order valence-electron chi connectivity index (χ0n) is 13.5. The number of benzene rings is 1. The molecule has 2 aromatic heterocycles. The minimum Gasteiger partial charge on any atom is -0.495 e. The summed E-state index contributed by atoms with van der Waals surface area (Å²) in [7, 11) is 2.80. The number of methoxy groups -OCH3 is 2. The predicted molar refractivity (Wildman–Crippen MR) is 86.4 cm³/mol. The van der Waals surface area contributed by atoms with Gasteiger partial charge in [-0.1, -0.05) is 0 Å². The number of aromatic nitrogens is 2. The minimum atomic E-state index is -1.11. The van der Waals surface area contributed by atoms with Crippen LogP contribution < -0.4 is 10.5 Å². The average molecular weight is 347 g/mol. The summed E-state index contributed by atoms with van der Waals surface area (Å²) in [6.45, 7) is 0. The second kappa shape index (κ2) is 6.48. The van der Waals surface area contributed by atoms with Gasteiger partial charge in [-0.25, -0.2) is 13.8 Å². The first-order chi connectivity index (χ1) is 12.0. The molecule has 8 heteroatoms. The van der Waals surface area contributed by atoms with Crippen molar-refractivity contribution in [1.82, 2.24) is 9.97 Å². The van der Waals surface area contributed by atoms with E-state index in [1.165, 1.54) is 20.4 Å². The van der Waals surface area contributed by atoms with Gasteiger partial charge >= 0.3 is 0 Å². The van der Waals surface area contributed by atoms with Crippen LogP contribution in [0.1, 0.15) is 27.6 Å². The van der Waals surface area contributed by atoms with Crippen molar-refractivity contribution in [2.45, 2.75) is 6.10 Å². The van der Waals surface area contributed by atoms with E-state index < -0.39 is 34.8 Å². The van der Waals surface area contributed by atoms with Crippen molar-refractivity contribution in [3.8, 4) is 5.75 Å². The standard InChI is InChI=1S/C17H15F2N3O3/c1-24-8-5-10-11(7-22-17(10)21-6-8)15(25-2)13-12(18)4-3-9(14(13)19)16(20)23/h3-7,15H,1-2H3,(H2,20,23)(H,21,22). The molecule has 0 bridgehead atoms. The molecule has 6 nitrogen and oxygen atoms in total. The zero-order valence-corrected chi connectivity index (χ0v) is 13.5. The molecule has 3 aromatic rings. The van der Waals surface area contributed by atoms with Gasteiger partial charge in [0.1, 0.15) is 29.1 Å². The number of pyridine rings is 1. The number of nitrogens with zero attached hydrogens (tertiary/aromatic N) is 1. The molecule has 0 radical (unpaired) electrons. The van der Waals surface area contributed by atoms with Crippen LogP contribution in [0.4, 0.5) is 8.78 Å². The fourth-order valence-corrected chi connectivity index (χ4v) is 2.73. The van der Waals surface area contributed by atoms with Gasteiger partial charge in [-0.05, 0) is 18.2 Å². The van der Waals surface area contributed by atoms with Crippen LogP contribution >= 0.6 is 0 Å². The summed E-state index contributed by atoms with van der Waals surface area (Å²) in [5, 5.41) is 0.578. The molecular weight excluding hydrogens is 332 g/mol. The highest BCUT2D eigenvalue weighted by molar-refractivity contribution is 5.93. The number of amides is 1. The quantitative estimate of drug-likeness (QED) is 0.742. The van der Waals surface area contributed by atoms with Gasteiger partial charge in [0, 0.05) is 24.3 Å². The average Bonchev–Trinajstić information content (AvgIpc) is 3.01. The molecule has 1 aromatic carbocycles. The smallest absolute Gasteiger partial charge is 0.251 e. The van der Waals surface area contributed by atoms with Crippen molar-refractivity contribution in [3.05, 3.63) is 58.9 Å². The molecule has 0 aliphatic heterocycles. The van der Waals surface area contributed by atoms with E-state index in [1.54, 1.807) is 12.3 Å². The third-order valence-electron chi connectivity index (χ3n) is 3.95. The Morgan fingerprint density at radius 2 is 2.08 bits per heavy atom. The molecule has 1 amide bonds. The molecule has 0 saturated heterocycles. The monoisotopic (exact) mass is 347 g/mol. The number of rotatable bonds is 5. The van der Waals surface area contributed by atoms with Crippen molar-refractivity contribution >= 4 is 16.9 Å². The van der Waals surface area contributed by atoms with E-state index in [0.717, 1.165) is 12.1 Å². The Labute approximate surface area is 141 Å². The Morgan fingerprint density at radius 3 is 2.72 bits per heavy atom. The van der Waals surface area contributed by atoms with Gasteiger partial charge in [-0.15, -0.1) is 0 Å². The van der Waals surface area contributed by atoms with E-state index in [-0.39, 0.29) is 0 Å². The lowest BCUT2D eigenvalue weighted by Gasteiger charge is -2.18. The second-order valence-corrected chi connectivity index (χ2v) is 5.32. The van der Waals surface area contributed by atoms with Crippen LogP contribution in [-0.4, -0.2) is 30.1 Å². The van der Waals surface area contributed by atoms with E-state index in [9.17, 15) is 13.6 Å². The highest BCUT2D eigenvalue weighted by Crippen LogP contribution is 2.35. The molecule has 3 N–H and O–H groups in total. The zero-order chi connectivity index (χ0) is 18.1. The summed E-state index contributed by atoms with van der Waals surface area (Å²) in [5.74, 6) is -2.41. The van der Waals surface area contributed by atoms with Crippen molar-refractivity contribution in [3.63, 3.8) is 0 Å². The van der Waals surface area contributed by atoms with Crippen molar-refractivity contribution in [2.75, 3.05) is 14.2 Å². The number of aromatic amines is 1. The van der Waals surface area contributed by atoms with Gasteiger partial charge in [0.15, 0.2) is 0 Å². The van der Waals surface area contributed by atoms with Gasteiger partial charge < -0.3 is 20.2 Å². The lowest BCUT2D eigenvalue weighted by Crippen LogP contribution is -2.17. The van der Waals surface area contributed by atoms with Crippen LogP contribution in [-0.2, 0) is 4.74 Å². The SMILES string of the molecule is COc1cnc2[nH]cc(C(OC)c3c(F)ccc(C(N)=O)c3F)c2c1. The van der Waals surface area contributed by atoms with E-state index in [1.807, 2.05) is 0 Å². The molecule has 3 rings (SSSR count). The fourth-order valence-electron chi connectivity index (χ4n) is 2.73. The first kappa shape index (κ1) is 16.8. The molecule has 0 saturated carbocycles. The van der Waals surface area contributed by atoms with Crippen LogP contribution in [0.25, 0.3) is 11.0 Å². The summed E-state index contributed by atoms with van der Waals surface area (Å²) in [6, 6.07) is 3.66. The van der Waals surface area contributed by atoms with Crippen molar-refractivity contribution in [1.29, 1.82) is 0 Å². The highest BCUT2D eigenvalue weighted by atomic mass is 19.1. The van der Waals surface area contributed by atoms with Crippen molar-refractivity contribution < 1.29 is 23.0 Å². The van der Waals surface area contributed by atoms with Crippen LogP contribution in [0, 0.1) is 11.6 Å². The summed E-state index contributed by atoms with van der Waals surface area (Å²) in [6.07, 6.45) is 1.95. The van der Waals surface area contributed by atoms with E-state index in [4.69, 9.17) is 15.2 Å². The number of H-pyrrole nitrogens is 1. The normalized spacial score (nSPS) is 12.3. The van der Waals surface area contributed by atoms with Gasteiger partial charge in [-0.2, -0.15) is 0 Å². The van der Waals surface area contributed by atoms with Crippen LogP contribution in [0.15, 0.2) is 30.6 Å². The lowest BCUT2D eigenvalue weighted by atomic mass is 9.97. The number of halogens is 2. The fraction of sp³-hybridized carbons (Fsp3) is 0.176. The maximum Gasteiger partial charge on any atom is 0.251 e. The molecule has 0 fully saturated rings. The Hall–Kier alpha value is -3.00. The number of fused-ring (bicyclic) bond motifs is 1. The van der Waals surface area contributed by atoms with Crippen LogP contribution in [0.5, 0.6) is 5.75 Å². The second-order valence-electron chi connectivity index (χ2n) is 5.32. The number of carbonyl (C=O) groups excluding carboxylic acids is 1. The molecule has 25 heavy (non-hydrogen) atoms. The Morgan fingerprint density at radius 1 is 1.32 bits per heavy atom. The lowest BCUT2D eigenvalue weighted by molar-refractivity contribution is 0.0993. The molecule has 0 aliphatic rings. The summed E-state index contributed by atoms with van der Waals surface area (Å²) < 4.78 is 39.5. The molecule has 2 heterocycles. The third-order valence-corrected chi connectivity index (χ3v) is 3.95. The number of primary amides is 1. The summed E-state index contributed by atoms with van der Waals surface area (Å²) in [5.41, 5.74) is 5.29.